The summed E-state index contributed by atoms with van der Waals surface area (Å²) in [6.07, 6.45) is 0.174. The van der Waals surface area contributed by atoms with Gasteiger partial charge in [-0.05, 0) is 19.1 Å². The van der Waals surface area contributed by atoms with Crippen molar-refractivity contribution in [3.63, 3.8) is 0 Å². The molecule has 5 heteroatoms. The van der Waals surface area contributed by atoms with Crippen molar-refractivity contribution in [2.75, 3.05) is 6.61 Å². The van der Waals surface area contributed by atoms with Crippen molar-refractivity contribution in [3.8, 4) is 0 Å². The fourth-order valence-corrected chi connectivity index (χ4v) is 1.02. The third-order valence-corrected chi connectivity index (χ3v) is 1.71. The monoisotopic (exact) mass is 214 g/mol. The molecule has 0 N–H and O–H groups in total. The SMILES string of the molecule is CCOC(=O)c1cc(F)c(C=O)cc1F. The van der Waals surface area contributed by atoms with Crippen LogP contribution in [-0.4, -0.2) is 18.9 Å². The van der Waals surface area contributed by atoms with E-state index in [1.54, 1.807) is 6.92 Å². The second-order valence-corrected chi connectivity index (χ2v) is 2.69. The fraction of sp³-hybridized carbons (Fsp3) is 0.200. The highest BCUT2D eigenvalue weighted by Gasteiger charge is 2.16. The lowest BCUT2D eigenvalue weighted by atomic mass is 10.1. The standard InChI is InChI=1S/C10H8F2O3/c1-2-15-10(14)7-4-8(11)6(5-13)3-9(7)12/h3-5H,2H2,1H3. The first kappa shape index (κ1) is 11.3. The van der Waals surface area contributed by atoms with Crippen LogP contribution in [0.15, 0.2) is 12.1 Å². The molecular formula is C10H8F2O3. The third kappa shape index (κ3) is 2.37. The van der Waals surface area contributed by atoms with E-state index in [-0.39, 0.29) is 12.9 Å². The minimum Gasteiger partial charge on any atom is -0.462 e. The van der Waals surface area contributed by atoms with Gasteiger partial charge >= 0.3 is 5.97 Å². The molecule has 0 aliphatic carbocycles. The lowest BCUT2D eigenvalue weighted by Crippen LogP contribution is -2.08. The van der Waals surface area contributed by atoms with Crippen LogP contribution in [0.25, 0.3) is 0 Å². The van der Waals surface area contributed by atoms with Crippen molar-refractivity contribution >= 4 is 12.3 Å². The van der Waals surface area contributed by atoms with Crippen molar-refractivity contribution in [1.82, 2.24) is 0 Å². The summed E-state index contributed by atoms with van der Waals surface area (Å²) in [5.74, 6) is -2.88. The van der Waals surface area contributed by atoms with Gasteiger partial charge in [-0.2, -0.15) is 0 Å². The number of aldehydes is 1. The average Bonchev–Trinajstić information content (AvgIpc) is 2.21. The average molecular weight is 214 g/mol. The van der Waals surface area contributed by atoms with Crippen LogP contribution in [0, 0.1) is 11.6 Å². The molecule has 3 nitrogen and oxygen atoms in total. The molecule has 0 bridgehead atoms. The van der Waals surface area contributed by atoms with Gasteiger partial charge in [0.1, 0.15) is 11.6 Å². The summed E-state index contributed by atoms with van der Waals surface area (Å²) in [7, 11) is 0. The fourth-order valence-electron chi connectivity index (χ4n) is 1.02. The van der Waals surface area contributed by atoms with Gasteiger partial charge in [0.05, 0.1) is 17.7 Å². The topological polar surface area (TPSA) is 43.4 Å². The van der Waals surface area contributed by atoms with Crippen molar-refractivity contribution in [1.29, 1.82) is 0 Å². The maximum Gasteiger partial charge on any atom is 0.341 e. The van der Waals surface area contributed by atoms with E-state index in [9.17, 15) is 18.4 Å². The highest BCUT2D eigenvalue weighted by atomic mass is 19.1. The molecule has 0 saturated heterocycles. The number of benzene rings is 1. The molecule has 0 saturated carbocycles. The van der Waals surface area contributed by atoms with Crippen molar-refractivity contribution in [2.45, 2.75) is 6.92 Å². The predicted octanol–water partition coefficient (Wildman–Crippen LogP) is 1.95. The van der Waals surface area contributed by atoms with E-state index >= 15 is 0 Å². The van der Waals surface area contributed by atoms with E-state index in [2.05, 4.69) is 4.74 Å². The first-order valence-electron chi connectivity index (χ1n) is 4.21. The molecule has 0 heterocycles. The second kappa shape index (κ2) is 4.63. The maximum absolute atomic E-state index is 13.2. The van der Waals surface area contributed by atoms with Gasteiger partial charge in [0, 0.05) is 0 Å². The van der Waals surface area contributed by atoms with Crippen LogP contribution < -0.4 is 0 Å². The third-order valence-electron chi connectivity index (χ3n) is 1.71. The molecule has 0 amide bonds. The number of hydrogen-bond donors (Lipinski definition) is 0. The summed E-state index contributed by atoms with van der Waals surface area (Å²) >= 11 is 0. The molecule has 0 aliphatic rings. The van der Waals surface area contributed by atoms with E-state index in [4.69, 9.17) is 0 Å². The van der Waals surface area contributed by atoms with Crippen LogP contribution in [-0.2, 0) is 4.74 Å². The molecule has 0 aliphatic heterocycles. The maximum atomic E-state index is 13.2. The van der Waals surface area contributed by atoms with Crippen LogP contribution >= 0.6 is 0 Å². The molecule has 0 radical (unpaired) electrons. The van der Waals surface area contributed by atoms with Gasteiger partial charge in [-0.1, -0.05) is 0 Å². The first-order valence-corrected chi connectivity index (χ1v) is 4.21. The summed E-state index contributed by atoms with van der Waals surface area (Å²) < 4.78 is 30.7. The van der Waals surface area contributed by atoms with Crippen LogP contribution in [0.3, 0.4) is 0 Å². The molecule has 0 fully saturated rings. The van der Waals surface area contributed by atoms with E-state index in [0.717, 1.165) is 0 Å². The van der Waals surface area contributed by atoms with Gasteiger partial charge in [-0.15, -0.1) is 0 Å². The Labute approximate surface area is 84.7 Å². The normalized spacial score (nSPS) is 9.80. The van der Waals surface area contributed by atoms with Gasteiger partial charge in [0.15, 0.2) is 6.29 Å². The number of carbonyl (C=O) groups is 2. The minimum atomic E-state index is -0.975. The number of hydrogen-bond acceptors (Lipinski definition) is 3. The Bertz CT molecular complexity index is 402. The highest BCUT2D eigenvalue weighted by molar-refractivity contribution is 5.90. The molecular weight excluding hydrogens is 206 g/mol. The molecule has 0 aromatic heterocycles. The molecule has 1 aromatic carbocycles. The second-order valence-electron chi connectivity index (χ2n) is 2.69. The highest BCUT2D eigenvalue weighted by Crippen LogP contribution is 2.14. The van der Waals surface area contributed by atoms with Gasteiger partial charge in [-0.3, -0.25) is 4.79 Å². The zero-order valence-corrected chi connectivity index (χ0v) is 7.92. The predicted molar refractivity (Wildman–Crippen MR) is 47.7 cm³/mol. The molecule has 0 unspecified atom stereocenters. The summed E-state index contributed by atoms with van der Waals surface area (Å²) in [6.45, 7) is 1.61. The Balaban J connectivity index is 3.15. The number of halogens is 2. The summed E-state index contributed by atoms with van der Waals surface area (Å²) in [5, 5.41) is 0. The van der Waals surface area contributed by atoms with Crippen molar-refractivity contribution < 1.29 is 23.1 Å². The van der Waals surface area contributed by atoms with Gasteiger partial charge in [0.25, 0.3) is 0 Å². The van der Waals surface area contributed by atoms with E-state index in [1.807, 2.05) is 0 Å². The van der Waals surface area contributed by atoms with Gasteiger partial charge < -0.3 is 4.74 Å². The Morgan fingerprint density at radius 2 is 2.07 bits per heavy atom. The van der Waals surface area contributed by atoms with Crippen LogP contribution in [0.4, 0.5) is 8.78 Å². The number of esters is 1. The molecule has 1 aromatic rings. The van der Waals surface area contributed by atoms with Crippen molar-refractivity contribution in [3.05, 3.63) is 34.9 Å². The molecule has 0 atom stereocenters. The van der Waals surface area contributed by atoms with Crippen LogP contribution in [0.1, 0.15) is 27.6 Å². The Morgan fingerprint density at radius 3 is 2.60 bits per heavy atom. The Morgan fingerprint density at radius 1 is 1.40 bits per heavy atom. The van der Waals surface area contributed by atoms with Gasteiger partial charge in [-0.25, -0.2) is 13.6 Å². The first-order chi connectivity index (χ1) is 7.10. The molecule has 15 heavy (non-hydrogen) atoms. The number of carbonyl (C=O) groups excluding carboxylic acids is 2. The molecule has 80 valence electrons. The number of rotatable bonds is 3. The quantitative estimate of drug-likeness (QED) is 0.570. The number of ether oxygens (including phenoxy) is 1. The van der Waals surface area contributed by atoms with Crippen LogP contribution in [0.2, 0.25) is 0 Å². The smallest absolute Gasteiger partial charge is 0.341 e. The summed E-state index contributed by atoms with van der Waals surface area (Å²) in [5.41, 5.74) is -0.944. The van der Waals surface area contributed by atoms with E-state index in [0.29, 0.717) is 12.1 Å². The van der Waals surface area contributed by atoms with Crippen molar-refractivity contribution in [2.24, 2.45) is 0 Å². The summed E-state index contributed by atoms with van der Waals surface area (Å²) in [6, 6.07) is 1.31. The molecule has 0 spiro atoms. The molecule has 1 rings (SSSR count). The zero-order chi connectivity index (χ0) is 11.4. The van der Waals surface area contributed by atoms with Gasteiger partial charge in [0.2, 0.25) is 0 Å². The summed E-state index contributed by atoms with van der Waals surface area (Å²) in [4.78, 5) is 21.4. The largest absolute Gasteiger partial charge is 0.462 e. The van der Waals surface area contributed by atoms with E-state index < -0.39 is 28.7 Å². The lowest BCUT2D eigenvalue weighted by Gasteiger charge is -2.04. The lowest BCUT2D eigenvalue weighted by molar-refractivity contribution is 0.0520. The Hall–Kier alpha value is -1.78. The minimum absolute atomic E-state index is 0.0648. The zero-order valence-electron chi connectivity index (χ0n) is 7.92. The van der Waals surface area contributed by atoms with Crippen LogP contribution in [0.5, 0.6) is 0 Å². The Kier molecular flexibility index (Phi) is 3.49. The van der Waals surface area contributed by atoms with E-state index in [1.165, 1.54) is 0 Å².